The summed E-state index contributed by atoms with van der Waals surface area (Å²) >= 11 is 8.56. The number of hydrogen-bond donors (Lipinski definition) is 1. The highest BCUT2D eigenvalue weighted by atomic mass is 35.5. The van der Waals surface area contributed by atoms with Crippen molar-refractivity contribution in [2.24, 2.45) is 0 Å². The van der Waals surface area contributed by atoms with Crippen LogP contribution in [0.25, 0.3) is 10.1 Å². The second kappa shape index (κ2) is 4.88. The first-order valence-corrected chi connectivity index (χ1v) is 7.31. The normalized spacial score (nSPS) is 10.8. The average Bonchev–Trinajstić information content (AvgIpc) is 2.98. The van der Waals surface area contributed by atoms with Crippen LogP contribution in [0.4, 0.5) is 9.52 Å². The summed E-state index contributed by atoms with van der Waals surface area (Å²) in [7, 11) is 0. The molecule has 2 aromatic heterocycles. The van der Waals surface area contributed by atoms with Crippen LogP contribution in [0, 0.1) is 5.82 Å². The van der Waals surface area contributed by atoms with Crippen LogP contribution < -0.4 is 5.32 Å². The van der Waals surface area contributed by atoms with Crippen LogP contribution in [0.1, 0.15) is 9.67 Å². The summed E-state index contributed by atoms with van der Waals surface area (Å²) in [4.78, 5) is 16.3. The van der Waals surface area contributed by atoms with Crippen molar-refractivity contribution in [3.05, 3.63) is 45.5 Å². The highest BCUT2D eigenvalue weighted by Crippen LogP contribution is 2.37. The number of nitrogens with one attached hydrogen (secondary N) is 1. The molecule has 3 rings (SSSR count). The van der Waals surface area contributed by atoms with Gasteiger partial charge in [0.1, 0.15) is 10.7 Å². The third kappa shape index (κ3) is 2.22. The van der Waals surface area contributed by atoms with Crippen molar-refractivity contribution in [3.63, 3.8) is 0 Å². The maximum atomic E-state index is 13.7. The molecule has 0 spiro atoms. The Morgan fingerprint density at radius 1 is 1.42 bits per heavy atom. The first-order chi connectivity index (χ1) is 9.16. The Balaban J connectivity index is 2.03. The lowest BCUT2D eigenvalue weighted by Crippen LogP contribution is -2.10. The molecular formula is C12H6ClFN2OS2. The van der Waals surface area contributed by atoms with Gasteiger partial charge in [-0.2, -0.15) is 0 Å². The number of amides is 1. The Hall–Kier alpha value is -1.50. The first-order valence-electron chi connectivity index (χ1n) is 5.24. The van der Waals surface area contributed by atoms with Gasteiger partial charge in [0, 0.05) is 21.7 Å². The lowest BCUT2D eigenvalue weighted by molar-refractivity contribution is 0.103. The van der Waals surface area contributed by atoms with E-state index in [-0.39, 0.29) is 15.8 Å². The third-order valence-corrected chi connectivity index (χ3v) is 4.80. The van der Waals surface area contributed by atoms with Crippen molar-refractivity contribution in [3.8, 4) is 0 Å². The van der Waals surface area contributed by atoms with E-state index in [1.54, 1.807) is 23.7 Å². The Kier molecular flexibility index (Phi) is 3.22. The van der Waals surface area contributed by atoms with Crippen LogP contribution in [0.3, 0.4) is 0 Å². The molecule has 7 heteroatoms. The smallest absolute Gasteiger partial charge is 0.269 e. The van der Waals surface area contributed by atoms with Crippen molar-refractivity contribution >= 4 is 55.4 Å². The van der Waals surface area contributed by atoms with E-state index in [1.165, 1.54) is 17.4 Å². The summed E-state index contributed by atoms with van der Waals surface area (Å²) < 4.78 is 14.3. The number of rotatable bonds is 2. The molecule has 2 heterocycles. The van der Waals surface area contributed by atoms with Crippen molar-refractivity contribution < 1.29 is 9.18 Å². The minimum absolute atomic E-state index is 0.146. The maximum absolute atomic E-state index is 13.7. The van der Waals surface area contributed by atoms with E-state index < -0.39 is 5.82 Å². The number of aromatic nitrogens is 1. The van der Waals surface area contributed by atoms with Gasteiger partial charge in [-0.1, -0.05) is 17.7 Å². The fourth-order valence-electron chi connectivity index (χ4n) is 1.66. The number of hydrogen-bond acceptors (Lipinski definition) is 4. The lowest BCUT2D eigenvalue weighted by atomic mass is 10.2. The number of nitrogens with zero attached hydrogens (tertiary/aromatic N) is 1. The Bertz CT molecular complexity index is 755. The summed E-state index contributed by atoms with van der Waals surface area (Å²) in [6.07, 6.45) is 1.59. The van der Waals surface area contributed by atoms with Crippen LogP contribution in [-0.4, -0.2) is 10.9 Å². The molecule has 0 aliphatic heterocycles. The minimum atomic E-state index is -0.424. The van der Waals surface area contributed by atoms with E-state index in [9.17, 15) is 9.18 Å². The van der Waals surface area contributed by atoms with Crippen LogP contribution >= 0.6 is 34.3 Å². The standard InChI is InChI=1S/C12H6ClFN2OS2/c13-9-8-6(14)2-1-3-7(8)19-10(9)11(17)16-12-15-4-5-18-12/h1-5H,(H,15,16,17). The number of fused-ring (bicyclic) bond motifs is 1. The molecule has 0 saturated heterocycles. The average molecular weight is 313 g/mol. The molecule has 0 unspecified atom stereocenters. The molecule has 1 aromatic carbocycles. The summed E-state index contributed by atoms with van der Waals surface area (Å²) in [6.45, 7) is 0. The SMILES string of the molecule is O=C(Nc1nccs1)c1sc2cccc(F)c2c1Cl. The number of thiophene rings is 1. The van der Waals surface area contributed by atoms with Gasteiger partial charge in [0.15, 0.2) is 5.13 Å². The van der Waals surface area contributed by atoms with Crippen molar-refractivity contribution in [2.75, 3.05) is 5.32 Å². The topological polar surface area (TPSA) is 42.0 Å². The molecule has 1 amide bonds. The van der Waals surface area contributed by atoms with Crippen molar-refractivity contribution in [2.45, 2.75) is 0 Å². The molecule has 0 saturated carbocycles. The molecule has 0 aliphatic rings. The third-order valence-electron chi connectivity index (χ3n) is 2.47. The van der Waals surface area contributed by atoms with Crippen LogP contribution in [0.15, 0.2) is 29.8 Å². The summed E-state index contributed by atoms with van der Waals surface area (Å²) in [5.41, 5.74) is 0. The summed E-state index contributed by atoms with van der Waals surface area (Å²) in [5, 5.41) is 5.30. The fraction of sp³-hybridized carbons (Fsp3) is 0. The number of thiazole rings is 1. The molecule has 0 atom stereocenters. The van der Waals surface area contributed by atoms with Gasteiger partial charge in [-0.05, 0) is 12.1 Å². The number of carbonyl (C=O) groups is 1. The lowest BCUT2D eigenvalue weighted by Gasteiger charge is -1.98. The number of halogens is 2. The second-order valence-electron chi connectivity index (χ2n) is 3.65. The number of carbonyl (C=O) groups excluding carboxylic acids is 1. The van der Waals surface area contributed by atoms with Crippen LogP contribution in [0.5, 0.6) is 0 Å². The van der Waals surface area contributed by atoms with E-state index in [1.807, 2.05) is 0 Å². The molecule has 1 N–H and O–H groups in total. The van der Waals surface area contributed by atoms with Gasteiger partial charge < -0.3 is 0 Å². The molecule has 3 aromatic rings. The van der Waals surface area contributed by atoms with Crippen LogP contribution in [-0.2, 0) is 0 Å². The van der Waals surface area contributed by atoms with E-state index in [0.29, 0.717) is 15.2 Å². The van der Waals surface area contributed by atoms with Gasteiger partial charge >= 0.3 is 0 Å². The molecule has 0 aliphatic carbocycles. The van der Waals surface area contributed by atoms with Gasteiger partial charge in [-0.25, -0.2) is 9.37 Å². The maximum Gasteiger partial charge on any atom is 0.269 e. The molecule has 0 radical (unpaired) electrons. The molecular weight excluding hydrogens is 307 g/mol. The largest absolute Gasteiger partial charge is 0.297 e. The Morgan fingerprint density at radius 2 is 2.26 bits per heavy atom. The van der Waals surface area contributed by atoms with E-state index in [4.69, 9.17) is 11.6 Å². The van der Waals surface area contributed by atoms with Gasteiger partial charge in [0.05, 0.1) is 5.02 Å². The molecule has 0 fully saturated rings. The number of benzene rings is 1. The Morgan fingerprint density at radius 3 is 2.95 bits per heavy atom. The quantitative estimate of drug-likeness (QED) is 0.762. The zero-order chi connectivity index (χ0) is 13.4. The zero-order valence-corrected chi connectivity index (χ0v) is 11.7. The van der Waals surface area contributed by atoms with Crippen molar-refractivity contribution in [1.82, 2.24) is 4.98 Å². The highest BCUT2D eigenvalue weighted by molar-refractivity contribution is 7.21. The summed E-state index contributed by atoms with van der Waals surface area (Å²) in [6, 6.07) is 4.64. The highest BCUT2D eigenvalue weighted by Gasteiger charge is 2.19. The predicted octanol–water partition coefficient (Wildman–Crippen LogP) is 4.40. The van der Waals surface area contributed by atoms with E-state index >= 15 is 0 Å². The molecule has 96 valence electrons. The van der Waals surface area contributed by atoms with Gasteiger partial charge in [-0.15, -0.1) is 22.7 Å². The molecule has 0 bridgehead atoms. The zero-order valence-electron chi connectivity index (χ0n) is 9.31. The minimum Gasteiger partial charge on any atom is -0.297 e. The van der Waals surface area contributed by atoms with Gasteiger partial charge in [0.2, 0.25) is 0 Å². The van der Waals surface area contributed by atoms with Crippen LogP contribution in [0.2, 0.25) is 5.02 Å². The molecule has 3 nitrogen and oxygen atoms in total. The Labute approximate surface area is 120 Å². The fourth-order valence-corrected chi connectivity index (χ4v) is 3.63. The first kappa shape index (κ1) is 12.5. The monoisotopic (exact) mass is 312 g/mol. The van der Waals surface area contributed by atoms with E-state index in [0.717, 1.165) is 11.3 Å². The van der Waals surface area contributed by atoms with Gasteiger partial charge in [-0.3, -0.25) is 10.1 Å². The van der Waals surface area contributed by atoms with Crippen molar-refractivity contribution in [1.29, 1.82) is 0 Å². The molecule has 19 heavy (non-hydrogen) atoms. The van der Waals surface area contributed by atoms with Gasteiger partial charge in [0.25, 0.3) is 5.91 Å². The second-order valence-corrected chi connectivity index (χ2v) is 5.97. The van der Waals surface area contributed by atoms with E-state index in [2.05, 4.69) is 10.3 Å². The predicted molar refractivity (Wildman–Crippen MR) is 76.9 cm³/mol. The number of anilines is 1. The summed E-state index contributed by atoms with van der Waals surface area (Å²) in [5.74, 6) is -0.799.